The molecule has 36 heavy (non-hydrogen) atoms. The van der Waals surface area contributed by atoms with Crippen molar-refractivity contribution in [2.75, 3.05) is 0 Å². The molecule has 0 saturated carbocycles. The van der Waals surface area contributed by atoms with E-state index >= 15 is 0 Å². The zero-order valence-electron chi connectivity index (χ0n) is 19.8. The first kappa shape index (κ1) is 25.5. The molecule has 1 heterocycles. The van der Waals surface area contributed by atoms with Crippen LogP contribution >= 0.6 is 0 Å². The number of hydrogen-bond donors (Lipinski definition) is 1. The zero-order chi connectivity index (χ0) is 26.5. The van der Waals surface area contributed by atoms with E-state index < -0.39 is 27.7 Å². The summed E-state index contributed by atoms with van der Waals surface area (Å²) >= 11 is 0. The van der Waals surface area contributed by atoms with Crippen LogP contribution in [-0.2, 0) is 28.0 Å². The van der Waals surface area contributed by atoms with Gasteiger partial charge in [-0.1, -0.05) is 45.0 Å². The fourth-order valence-electron chi connectivity index (χ4n) is 4.04. The van der Waals surface area contributed by atoms with Crippen LogP contribution in [0, 0.1) is 0 Å². The first-order valence-corrected chi connectivity index (χ1v) is 12.5. The molecule has 188 valence electrons. The summed E-state index contributed by atoms with van der Waals surface area (Å²) in [5.41, 5.74) is 0.930. The SMILES string of the molecule is CC(C)(C)c1ccc(S(=O)(=O)n2c(Cc3ccc(C(=O)O)cc3)cc3cc(C(F)(F)F)ccc32)cc1. The molecule has 5 nitrogen and oxygen atoms in total. The Morgan fingerprint density at radius 2 is 1.44 bits per heavy atom. The predicted molar refractivity (Wildman–Crippen MR) is 131 cm³/mol. The summed E-state index contributed by atoms with van der Waals surface area (Å²) in [6.07, 6.45) is -4.51. The topological polar surface area (TPSA) is 76.4 Å². The second kappa shape index (κ2) is 8.81. The molecule has 1 aromatic heterocycles. The van der Waals surface area contributed by atoms with Gasteiger partial charge in [0, 0.05) is 17.5 Å². The van der Waals surface area contributed by atoms with E-state index in [-0.39, 0.29) is 38.9 Å². The minimum atomic E-state index is -4.58. The summed E-state index contributed by atoms with van der Waals surface area (Å²) in [5.74, 6) is -1.10. The molecule has 0 bridgehead atoms. The Hall–Kier alpha value is -3.59. The molecule has 0 radical (unpaired) electrons. The smallest absolute Gasteiger partial charge is 0.416 e. The summed E-state index contributed by atoms with van der Waals surface area (Å²) in [6, 6.07) is 16.7. The van der Waals surface area contributed by atoms with Gasteiger partial charge in [-0.3, -0.25) is 0 Å². The van der Waals surface area contributed by atoms with E-state index in [1.54, 1.807) is 24.3 Å². The fourth-order valence-corrected chi connectivity index (χ4v) is 5.58. The highest BCUT2D eigenvalue weighted by Gasteiger charge is 2.32. The van der Waals surface area contributed by atoms with Gasteiger partial charge in [0.05, 0.1) is 21.5 Å². The van der Waals surface area contributed by atoms with Gasteiger partial charge < -0.3 is 5.11 Å². The third kappa shape index (κ3) is 4.88. The number of carboxylic acids is 1. The molecule has 0 spiro atoms. The maximum Gasteiger partial charge on any atom is 0.416 e. The second-order valence-corrected chi connectivity index (χ2v) is 11.4. The molecule has 0 saturated heterocycles. The van der Waals surface area contributed by atoms with Crippen molar-refractivity contribution in [3.63, 3.8) is 0 Å². The van der Waals surface area contributed by atoms with Crippen molar-refractivity contribution in [3.8, 4) is 0 Å². The Labute approximate surface area is 206 Å². The lowest BCUT2D eigenvalue weighted by Gasteiger charge is -2.19. The van der Waals surface area contributed by atoms with Gasteiger partial charge in [0.2, 0.25) is 0 Å². The minimum absolute atomic E-state index is 0.00960. The van der Waals surface area contributed by atoms with Crippen molar-refractivity contribution in [1.29, 1.82) is 0 Å². The van der Waals surface area contributed by atoms with Gasteiger partial charge in [-0.2, -0.15) is 13.2 Å². The number of aromatic carboxylic acids is 1. The molecular weight excluding hydrogens is 491 g/mol. The first-order chi connectivity index (χ1) is 16.7. The van der Waals surface area contributed by atoms with Crippen LogP contribution in [0.4, 0.5) is 13.2 Å². The molecular formula is C27H24F3NO4S. The Kier molecular flexibility index (Phi) is 6.24. The number of rotatable bonds is 5. The third-order valence-corrected chi connectivity index (χ3v) is 7.78. The van der Waals surface area contributed by atoms with E-state index in [2.05, 4.69) is 0 Å². The highest BCUT2D eigenvalue weighted by Crippen LogP contribution is 2.34. The molecule has 4 aromatic rings. The van der Waals surface area contributed by atoms with Gasteiger partial charge in [-0.05, 0) is 65.1 Å². The van der Waals surface area contributed by atoms with Crippen LogP contribution in [0.1, 0.15) is 53.5 Å². The number of hydrogen-bond acceptors (Lipinski definition) is 3. The number of alkyl halides is 3. The summed E-state index contributed by atoms with van der Waals surface area (Å²) in [5, 5.41) is 9.26. The Morgan fingerprint density at radius 1 is 0.861 bits per heavy atom. The average Bonchev–Trinajstić information content (AvgIpc) is 3.16. The maximum absolute atomic E-state index is 13.8. The molecule has 0 atom stereocenters. The van der Waals surface area contributed by atoms with Crippen LogP contribution in [0.15, 0.2) is 77.7 Å². The lowest BCUT2D eigenvalue weighted by Crippen LogP contribution is -2.17. The molecule has 4 rings (SSSR count). The highest BCUT2D eigenvalue weighted by atomic mass is 32.2. The number of halogens is 3. The standard InChI is InChI=1S/C27H24F3NO4S/c1-26(2,3)20-8-11-23(12-9-20)36(34,35)31-22(14-17-4-6-18(7-5-17)25(32)33)16-19-15-21(27(28,29)30)10-13-24(19)31/h4-13,15-16H,14H2,1-3H3,(H,32,33). The number of carboxylic acid groups (broad SMARTS) is 1. The Bertz CT molecular complexity index is 1540. The number of nitrogens with zero attached hydrogens (tertiary/aromatic N) is 1. The summed E-state index contributed by atoms with van der Waals surface area (Å²) in [4.78, 5) is 11.2. The summed E-state index contributed by atoms with van der Waals surface area (Å²) < 4.78 is 68.6. The van der Waals surface area contributed by atoms with Gasteiger partial charge >= 0.3 is 12.1 Å². The molecule has 0 aliphatic carbocycles. The largest absolute Gasteiger partial charge is 0.478 e. The van der Waals surface area contributed by atoms with Crippen LogP contribution < -0.4 is 0 Å². The Balaban J connectivity index is 1.88. The number of aromatic nitrogens is 1. The van der Waals surface area contributed by atoms with Crippen molar-refractivity contribution < 1.29 is 31.5 Å². The van der Waals surface area contributed by atoms with E-state index in [0.717, 1.165) is 27.7 Å². The fraction of sp³-hybridized carbons (Fsp3) is 0.222. The summed E-state index contributed by atoms with van der Waals surface area (Å²) in [7, 11) is -4.16. The molecule has 0 aliphatic rings. The second-order valence-electron chi connectivity index (χ2n) is 9.63. The van der Waals surface area contributed by atoms with E-state index in [0.29, 0.717) is 5.56 Å². The van der Waals surface area contributed by atoms with Crippen molar-refractivity contribution in [2.45, 2.75) is 43.7 Å². The van der Waals surface area contributed by atoms with Gasteiger partial charge in [0.15, 0.2) is 0 Å². The zero-order valence-corrected chi connectivity index (χ0v) is 20.6. The van der Waals surface area contributed by atoms with Crippen molar-refractivity contribution in [3.05, 3.63) is 101 Å². The lowest BCUT2D eigenvalue weighted by molar-refractivity contribution is -0.137. The molecule has 1 N–H and O–H groups in total. The molecule has 0 amide bonds. The van der Waals surface area contributed by atoms with E-state index in [1.165, 1.54) is 30.3 Å². The maximum atomic E-state index is 13.8. The average molecular weight is 516 g/mol. The number of fused-ring (bicyclic) bond motifs is 1. The lowest BCUT2D eigenvalue weighted by atomic mass is 9.87. The third-order valence-electron chi connectivity index (χ3n) is 6.00. The monoisotopic (exact) mass is 515 g/mol. The quantitative estimate of drug-likeness (QED) is 0.330. The highest BCUT2D eigenvalue weighted by molar-refractivity contribution is 7.90. The van der Waals surface area contributed by atoms with Gasteiger partial charge in [-0.15, -0.1) is 0 Å². The number of benzene rings is 3. The van der Waals surface area contributed by atoms with Crippen LogP contribution in [0.25, 0.3) is 10.9 Å². The first-order valence-electron chi connectivity index (χ1n) is 11.1. The van der Waals surface area contributed by atoms with Crippen LogP contribution in [-0.4, -0.2) is 23.5 Å². The van der Waals surface area contributed by atoms with Crippen LogP contribution in [0.5, 0.6) is 0 Å². The van der Waals surface area contributed by atoms with Gasteiger partial charge in [-0.25, -0.2) is 17.2 Å². The van der Waals surface area contributed by atoms with Crippen molar-refractivity contribution in [1.82, 2.24) is 3.97 Å². The number of carbonyl (C=O) groups is 1. The molecule has 0 fully saturated rings. The molecule has 0 unspecified atom stereocenters. The predicted octanol–water partition coefficient (Wildman–Crippen LogP) is 6.48. The van der Waals surface area contributed by atoms with E-state index in [1.807, 2.05) is 20.8 Å². The Morgan fingerprint density at radius 3 is 1.97 bits per heavy atom. The normalized spacial score (nSPS) is 12.7. The molecule has 9 heteroatoms. The molecule has 0 aliphatic heterocycles. The van der Waals surface area contributed by atoms with E-state index in [4.69, 9.17) is 5.11 Å². The van der Waals surface area contributed by atoms with Crippen molar-refractivity contribution in [2.24, 2.45) is 0 Å². The summed E-state index contributed by atoms with van der Waals surface area (Å²) in [6.45, 7) is 6.01. The van der Waals surface area contributed by atoms with Crippen LogP contribution in [0.3, 0.4) is 0 Å². The van der Waals surface area contributed by atoms with Gasteiger partial charge in [0.1, 0.15) is 0 Å². The van der Waals surface area contributed by atoms with Crippen LogP contribution in [0.2, 0.25) is 0 Å². The van der Waals surface area contributed by atoms with Crippen molar-refractivity contribution >= 4 is 26.9 Å². The minimum Gasteiger partial charge on any atom is -0.478 e. The van der Waals surface area contributed by atoms with E-state index in [9.17, 15) is 26.4 Å². The van der Waals surface area contributed by atoms with Gasteiger partial charge in [0.25, 0.3) is 10.0 Å². The molecule has 3 aromatic carbocycles.